The van der Waals surface area contributed by atoms with Crippen LogP contribution in [-0.2, 0) is 4.79 Å². The first kappa shape index (κ1) is 19.4. The number of hydrogen-bond acceptors (Lipinski definition) is 4. The molecule has 1 aliphatic rings. The number of ketones is 1. The first-order valence-corrected chi connectivity index (χ1v) is 9.65. The molecule has 0 N–H and O–H groups in total. The maximum Gasteiger partial charge on any atom is 0.347 e. The number of esters is 1. The Balaban J connectivity index is 1.76. The molecule has 3 aromatic carbocycles. The Bertz CT molecular complexity index is 1120. The molecule has 4 heteroatoms. The minimum atomic E-state index is -0.639. The second-order valence-electron chi connectivity index (χ2n) is 7.19. The van der Waals surface area contributed by atoms with Gasteiger partial charge in [0.25, 0.3) is 0 Å². The van der Waals surface area contributed by atoms with Crippen LogP contribution in [0, 0.1) is 0 Å². The zero-order valence-corrected chi connectivity index (χ0v) is 16.8. The number of fused-ring (bicyclic) bond motifs is 1. The summed E-state index contributed by atoms with van der Waals surface area (Å²) in [6, 6.07) is 25.0. The number of benzene rings is 3. The molecular formula is C26H21NO3. The van der Waals surface area contributed by atoms with Crippen LogP contribution in [0.2, 0.25) is 0 Å². The first-order chi connectivity index (χ1) is 14.5. The number of nitrogens with zero attached hydrogens (tertiary/aromatic N) is 1. The molecule has 0 radical (unpaired) electrons. The Hall–Kier alpha value is -3.92. The van der Waals surface area contributed by atoms with Crippen molar-refractivity contribution >= 4 is 23.0 Å². The summed E-state index contributed by atoms with van der Waals surface area (Å²) in [5.41, 5.74) is 4.17. The molecule has 0 amide bonds. The van der Waals surface area contributed by atoms with E-state index in [-0.39, 0.29) is 11.4 Å². The van der Waals surface area contributed by atoms with Gasteiger partial charge in [-0.1, -0.05) is 66.7 Å². The third kappa shape index (κ3) is 3.80. The summed E-state index contributed by atoms with van der Waals surface area (Å²) in [6.07, 6.45) is 3.36. The SMILES string of the molecule is CN(C)c1ccc2c(c1)OC(=O)/C(=C\C=C(c1ccccc1)c1ccccc1)C2=O. The molecule has 4 nitrogen and oxygen atoms in total. The van der Waals surface area contributed by atoms with E-state index in [2.05, 4.69) is 0 Å². The van der Waals surface area contributed by atoms with E-state index in [1.807, 2.05) is 85.7 Å². The Morgan fingerprint density at radius 2 is 1.43 bits per heavy atom. The second-order valence-corrected chi connectivity index (χ2v) is 7.19. The van der Waals surface area contributed by atoms with Crippen LogP contribution < -0.4 is 9.64 Å². The molecule has 0 aliphatic carbocycles. The second kappa shape index (κ2) is 8.21. The van der Waals surface area contributed by atoms with Crippen LogP contribution in [0.3, 0.4) is 0 Å². The van der Waals surface area contributed by atoms with E-state index in [0.29, 0.717) is 11.3 Å². The zero-order valence-electron chi connectivity index (χ0n) is 16.8. The Morgan fingerprint density at radius 1 is 0.833 bits per heavy atom. The van der Waals surface area contributed by atoms with Crippen molar-refractivity contribution in [3.63, 3.8) is 0 Å². The molecule has 0 aromatic heterocycles. The highest BCUT2D eigenvalue weighted by atomic mass is 16.5. The maximum atomic E-state index is 13.0. The molecule has 0 atom stereocenters. The minimum absolute atomic E-state index is 0.0180. The van der Waals surface area contributed by atoms with Crippen molar-refractivity contribution in [3.8, 4) is 5.75 Å². The monoisotopic (exact) mass is 395 g/mol. The van der Waals surface area contributed by atoms with Crippen molar-refractivity contribution in [2.24, 2.45) is 0 Å². The van der Waals surface area contributed by atoms with Gasteiger partial charge in [-0.25, -0.2) is 4.79 Å². The third-order valence-corrected chi connectivity index (χ3v) is 4.98. The van der Waals surface area contributed by atoms with Crippen molar-refractivity contribution in [1.29, 1.82) is 0 Å². The topological polar surface area (TPSA) is 46.6 Å². The zero-order chi connectivity index (χ0) is 21.1. The fourth-order valence-electron chi connectivity index (χ4n) is 3.36. The van der Waals surface area contributed by atoms with Crippen LogP contribution in [0.15, 0.2) is 96.6 Å². The average Bonchev–Trinajstić information content (AvgIpc) is 2.77. The Labute approximate surface area is 175 Å². The predicted octanol–water partition coefficient (Wildman–Crippen LogP) is 4.91. The average molecular weight is 395 g/mol. The van der Waals surface area contributed by atoms with Crippen LogP contribution in [0.5, 0.6) is 5.75 Å². The molecule has 0 bridgehead atoms. The summed E-state index contributed by atoms with van der Waals surface area (Å²) < 4.78 is 5.47. The number of rotatable bonds is 4. The molecule has 0 spiro atoms. The van der Waals surface area contributed by atoms with E-state index < -0.39 is 5.97 Å². The lowest BCUT2D eigenvalue weighted by Crippen LogP contribution is -2.25. The Kier molecular flexibility index (Phi) is 5.31. The number of carbonyl (C=O) groups is 2. The number of Topliss-reactive ketones (excluding diaryl/α,β-unsaturated/α-hetero) is 1. The smallest absolute Gasteiger partial charge is 0.347 e. The van der Waals surface area contributed by atoms with E-state index in [4.69, 9.17) is 4.74 Å². The summed E-state index contributed by atoms with van der Waals surface area (Å²) >= 11 is 0. The molecule has 0 saturated heterocycles. The molecule has 3 aromatic rings. The summed E-state index contributed by atoms with van der Waals surface area (Å²) in [7, 11) is 3.78. The van der Waals surface area contributed by atoms with Gasteiger partial charge in [0, 0.05) is 25.8 Å². The van der Waals surface area contributed by atoms with Crippen molar-refractivity contribution in [1.82, 2.24) is 0 Å². The summed E-state index contributed by atoms with van der Waals surface area (Å²) in [4.78, 5) is 27.4. The summed E-state index contributed by atoms with van der Waals surface area (Å²) in [5.74, 6) is -0.674. The van der Waals surface area contributed by atoms with Gasteiger partial charge in [0.15, 0.2) is 0 Å². The molecular weight excluding hydrogens is 374 g/mol. The third-order valence-electron chi connectivity index (χ3n) is 4.98. The normalized spacial score (nSPS) is 14.1. The molecule has 148 valence electrons. The van der Waals surface area contributed by atoms with Gasteiger partial charge in [-0.05, 0) is 34.9 Å². The van der Waals surface area contributed by atoms with Gasteiger partial charge in [-0.2, -0.15) is 0 Å². The first-order valence-electron chi connectivity index (χ1n) is 9.65. The molecule has 0 fully saturated rings. The van der Waals surface area contributed by atoms with Crippen molar-refractivity contribution < 1.29 is 14.3 Å². The Morgan fingerprint density at radius 3 is 2.00 bits per heavy atom. The standard InChI is InChI=1S/C26H21NO3/c1-27(2)20-13-14-22-24(17-20)30-26(29)23(25(22)28)16-15-21(18-9-5-3-6-10-18)19-11-7-4-8-12-19/h3-17H,1-2H3/b23-16-. The van der Waals surface area contributed by atoms with Gasteiger partial charge in [0.05, 0.1) is 5.56 Å². The van der Waals surface area contributed by atoms with Gasteiger partial charge in [0.2, 0.25) is 5.78 Å². The number of allylic oxidation sites excluding steroid dienone is 2. The number of hydrogen-bond donors (Lipinski definition) is 0. The van der Waals surface area contributed by atoms with Crippen LogP contribution in [0.1, 0.15) is 21.5 Å². The molecule has 0 saturated carbocycles. The molecule has 30 heavy (non-hydrogen) atoms. The van der Waals surface area contributed by atoms with Crippen molar-refractivity contribution in [3.05, 3.63) is 113 Å². The van der Waals surface area contributed by atoms with Gasteiger partial charge in [0.1, 0.15) is 11.3 Å². The lowest BCUT2D eigenvalue weighted by atomic mass is 9.95. The maximum absolute atomic E-state index is 13.0. The number of anilines is 1. The number of ether oxygens (including phenoxy) is 1. The van der Waals surface area contributed by atoms with E-state index in [1.54, 1.807) is 24.3 Å². The van der Waals surface area contributed by atoms with E-state index in [9.17, 15) is 9.59 Å². The van der Waals surface area contributed by atoms with Crippen LogP contribution in [0.25, 0.3) is 5.57 Å². The summed E-state index contributed by atoms with van der Waals surface area (Å²) in [6.45, 7) is 0. The van der Waals surface area contributed by atoms with Crippen LogP contribution >= 0.6 is 0 Å². The van der Waals surface area contributed by atoms with E-state index in [1.165, 1.54) is 0 Å². The largest absolute Gasteiger partial charge is 0.422 e. The van der Waals surface area contributed by atoms with Gasteiger partial charge in [-0.15, -0.1) is 0 Å². The lowest BCUT2D eigenvalue weighted by molar-refractivity contribution is -0.130. The van der Waals surface area contributed by atoms with E-state index >= 15 is 0 Å². The van der Waals surface area contributed by atoms with Gasteiger partial charge in [-0.3, -0.25) is 4.79 Å². The highest BCUT2D eigenvalue weighted by Crippen LogP contribution is 2.32. The summed E-state index contributed by atoms with van der Waals surface area (Å²) in [5, 5.41) is 0. The molecule has 1 heterocycles. The number of carbonyl (C=O) groups excluding carboxylic acids is 2. The van der Waals surface area contributed by atoms with Gasteiger partial charge < -0.3 is 9.64 Å². The van der Waals surface area contributed by atoms with Crippen molar-refractivity contribution in [2.45, 2.75) is 0 Å². The highest BCUT2D eigenvalue weighted by Gasteiger charge is 2.30. The fraction of sp³-hybridized carbons (Fsp3) is 0.0769. The van der Waals surface area contributed by atoms with Crippen LogP contribution in [-0.4, -0.2) is 25.8 Å². The fourth-order valence-corrected chi connectivity index (χ4v) is 3.36. The molecule has 1 aliphatic heterocycles. The predicted molar refractivity (Wildman–Crippen MR) is 119 cm³/mol. The lowest BCUT2D eigenvalue weighted by Gasteiger charge is -2.20. The quantitative estimate of drug-likeness (QED) is 0.272. The molecule has 4 rings (SSSR count). The van der Waals surface area contributed by atoms with Crippen LogP contribution in [0.4, 0.5) is 5.69 Å². The molecule has 0 unspecified atom stereocenters. The van der Waals surface area contributed by atoms with Crippen molar-refractivity contribution in [2.75, 3.05) is 19.0 Å². The van der Waals surface area contributed by atoms with E-state index in [0.717, 1.165) is 22.4 Å². The highest BCUT2D eigenvalue weighted by molar-refractivity contribution is 6.28. The minimum Gasteiger partial charge on any atom is -0.422 e. The van der Waals surface area contributed by atoms with Gasteiger partial charge >= 0.3 is 5.97 Å².